The number of aryl methyl sites for hydroxylation is 1. The van der Waals surface area contributed by atoms with Gasteiger partial charge < -0.3 is 5.32 Å². The molecular weight excluding hydrogens is 274 g/mol. The Balaban J connectivity index is 0.00000144. The van der Waals surface area contributed by atoms with Crippen molar-refractivity contribution in [2.75, 3.05) is 26.2 Å². The van der Waals surface area contributed by atoms with Crippen LogP contribution in [-0.2, 0) is 0 Å². The maximum absolute atomic E-state index is 13.2. The first-order valence-electron chi connectivity index (χ1n) is 5.89. The first-order valence-corrected chi connectivity index (χ1v) is 5.89. The highest BCUT2D eigenvalue weighted by molar-refractivity contribution is 5.85. The fourth-order valence-electron chi connectivity index (χ4n) is 2.21. The van der Waals surface area contributed by atoms with E-state index in [1.54, 1.807) is 6.07 Å². The minimum absolute atomic E-state index is 0. The SMILES string of the molecule is Cc1cc([C@H](C)N2CCNCC2)ccc1F.Cl.Cl. The lowest BCUT2D eigenvalue weighted by molar-refractivity contribution is 0.185. The van der Waals surface area contributed by atoms with Gasteiger partial charge in [-0.2, -0.15) is 0 Å². The predicted octanol–water partition coefficient (Wildman–Crippen LogP) is 2.94. The third-order valence-electron chi connectivity index (χ3n) is 3.36. The monoisotopic (exact) mass is 294 g/mol. The van der Waals surface area contributed by atoms with Gasteiger partial charge in [-0.25, -0.2) is 4.39 Å². The zero-order valence-electron chi connectivity index (χ0n) is 10.8. The molecule has 1 aromatic carbocycles. The molecule has 0 spiro atoms. The molecule has 0 unspecified atom stereocenters. The van der Waals surface area contributed by atoms with Crippen molar-refractivity contribution in [1.82, 2.24) is 10.2 Å². The van der Waals surface area contributed by atoms with Crippen molar-refractivity contribution in [1.29, 1.82) is 0 Å². The van der Waals surface area contributed by atoms with E-state index >= 15 is 0 Å². The van der Waals surface area contributed by atoms with E-state index < -0.39 is 0 Å². The molecule has 1 aromatic rings. The van der Waals surface area contributed by atoms with Crippen LogP contribution >= 0.6 is 24.8 Å². The zero-order valence-corrected chi connectivity index (χ0v) is 12.4. The minimum atomic E-state index is -0.115. The highest BCUT2D eigenvalue weighted by atomic mass is 35.5. The van der Waals surface area contributed by atoms with Gasteiger partial charge in [-0.15, -0.1) is 24.8 Å². The molecule has 5 heteroatoms. The topological polar surface area (TPSA) is 15.3 Å². The number of hydrogen-bond donors (Lipinski definition) is 1. The minimum Gasteiger partial charge on any atom is -0.314 e. The van der Waals surface area contributed by atoms with E-state index in [0.29, 0.717) is 6.04 Å². The van der Waals surface area contributed by atoms with Crippen molar-refractivity contribution >= 4 is 24.8 Å². The van der Waals surface area contributed by atoms with Gasteiger partial charge in [0.25, 0.3) is 0 Å². The van der Waals surface area contributed by atoms with Crippen LogP contribution in [0.15, 0.2) is 18.2 Å². The molecule has 1 heterocycles. The molecule has 1 aliphatic rings. The van der Waals surface area contributed by atoms with Crippen LogP contribution in [0.1, 0.15) is 24.1 Å². The number of halogens is 3. The Morgan fingerprint density at radius 3 is 2.39 bits per heavy atom. The smallest absolute Gasteiger partial charge is 0.126 e. The Labute approximate surface area is 121 Å². The second-order valence-corrected chi connectivity index (χ2v) is 4.47. The normalized spacial score (nSPS) is 17.5. The summed E-state index contributed by atoms with van der Waals surface area (Å²) in [4.78, 5) is 2.43. The number of rotatable bonds is 2. The average Bonchev–Trinajstić information content (AvgIpc) is 2.33. The largest absolute Gasteiger partial charge is 0.314 e. The maximum Gasteiger partial charge on any atom is 0.126 e. The molecule has 1 atom stereocenters. The molecule has 0 amide bonds. The molecule has 1 aliphatic heterocycles. The molecule has 18 heavy (non-hydrogen) atoms. The first kappa shape index (κ1) is 17.6. The Hall–Kier alpha value is -0.350. The fourth-order valence-corrected chi connectivity index (χ4v) is 2.21. The predicted molar refractivity (Wildman–Crippen MR) is 78.5 cm³/mol. The van der Waals surface area contributed by atoms with Crippen LogP contribution in [0.2, 0.25) is 0 Å². The van der Waals surface area contributed by atoms with Crippen LogP contribution in [0.5, 0.6) is 0 Å². The third-order valence-corrected chi connectivity index (χ3v) is 3.36. The summed E-state index contributed by atoms with van der Waals surface area (Å²) >= 11 is 0. The quantitative estimate of drug-likeness (QED) is 0.902. The van der Waals surface area contributed by atoms with Crippen molar-refractivity contribution in [2.24, 2.45) is 0 Å². The molecule has 0 radical (unpaired) electrons. The molecule has 1 fully saturated rings. The van der Waals surface area contributed by atoms with Crippen molar-refractivity contribution in [3.8, 4) is 0 Å². The Kier molecular flexibility index (Phi) is 7.79. The van der Waals surface area contributed by atoms with E-state index in [1.807, 2.05) is 19.1 Å². The van der Waals surface area contributed by atoms with Crippen LogP contribution in [0.3, 0.4) is 0 Å². The zero-order chi connectivity index (χ0) is 11.5. The van der Waals surface area contributed by atoms with Gasteiger partial charge in [-0.05, 0) is 31.0 Å². The van der Waals surface area contributed by atoms with Gasteiger partial charge in [0.1, 0.15) is 5.82 Å². The summed E-state index contributed by atoms with van der Waals surface area (Å²) in [7, 11) is 0. The second kappa shape index (κ2) is 7.95. The van der Waals surface area contributed by atoms with Crippen molar-refractivity contribution in [3.63, 3.8) is 0 Å². The van der Waals surface area contributed by atoms with Gasteiger partial charge in [-0.1, -0.05) is 12.1 Å². The van der Waals surface area contributed by atoms with Crippen LogP contribution in [-0.4, -0.2) is 31.1 Å². The molecule has 0 bridgehead atoms. The Bertz CT molecular complexity index is 368. The van der Waals surface area contributed by atoms with Crippen molar-refractivity contribution in [3.05, 3.63) is 35.1 Å². The number of nitrogens with one attached hydrogen (secondary N) is 1. The van der Waals surface area contributed by atoms with Crippen molar-refractivity contribution in [2.45, 2.75) is 19.9 Å². The number of piperazine rings is 1. The van der Waals surface area contributed by atoms with E-state index in [0.717, 1.165) is 31.7 Å². The van der Waals surface area contributed by atoms with Gasteiger partial charge in [0.05, 0.1) is 0 Å². The van der Waals surface area contributed by atoms with E-state index in [-0.39, 0.29) is 30.6 Å². The fraction of sp³-hybridized carbons (Fsp3) is 0.538. The number of hydrogen-bond acceptors (Lipinski definition) is 2. The molecule has 0 aliphatic carbocycles. The standard InChI is InChI=1S/C13H19FN2.2ClH/c1-10-9-12(3-4-13(10)14)11(2)16-7-5-15-6-8-16;;/h3-4,9,11,15H,5-8H2,1-2H3;2*1H/t11-;;/m0../s1. The summed E-state index contributed by atoms with van der Waals surface area (Å²) < 4.78 is 13.2. The molecule has 1 N–H and O–H groups in total. The summed E-state index contributed by atoms with van der Waals surface area (Å²) in [5.74, 6) is -0.115. The number of nitrogens with zero attached hydrogens (tertiary/aromatic N) is 1. The van der Waals surface area contributed by atoms with Gasteiger partial charge in [0.15, 0.2) is 0 Å². The maximum atomic E-state index is 13.2. The lowest BCUT2D eigenvalue weighted by Gasteiger charge is -2.33. The van der Waals surface area contributed by atoms with Crippen LogP contribution in [0, 0.1) is 12.7 Å². The highest BCUT2D eigenvalue weighted by Gasteiger charge is 2.18. The Morgan fingerprint density at radius 1 is 1.22 bits per heavy atom. The molecule has 1 saturated heterocycles. The summed E-state index contributed by atoms with van der Waals surface area (Å²) in [6.07, 6.45) is 0. The van der Waals surface area contributed by atoms with Crippen LogP contribution in [0.4, 0.5) is 4.39 Å². The van der Waals surface area contributed by atoms with E-state index in [2.05, 4.69) is 17.1 Å². The van der Waals surface area contributed by atoms with Crippen LogP contribution < -0.4 is 5.32 Å². The molecule has 104 valence electrons. The van der Waals surface area contributed by atoms with Gasteiger partial charge >= 0.3 is 0 Å². The third kappa shape index (κ3) is 4.09. The summed E-state index contributed by atoms with van der Waals surface area (Å²) in [5, 5.41) is 3.34. The molecule has 0 aromatic heterocycles. The van der Waals surface area contributed by atoms with Gasteiger partial charge in [0.2, 0.25) is 0 Å². The first-order chi connectivity index (χ1) is 7.68. The van der Waals surface area contributed by atoms with Gasteiger partial charge in [-0.3, -0.25) is 4.90 Å². The average molecular weight is 295 g/mol. The molecule has 2 rings (SSSR count). The van der Waals surface area contributed by atoms with E-state index in [9.17, 15) is 4.39 Å². The van der Waals surface area contributed by atoms with E-state index in [1.165, 1.54) is 5.56 Å². The summed E-state index contributed by atoms with van der Waals surface area (Å²) in [6, 6.07) is 5.81. The summed E-state index contributed by atoms with van der Waals surface area (Å²) in [5.41, 5.74) is 1.94. The highest BCUT2D eigenvalue weighted by Crippen LogP contribution is 2.22. The van der Waals surface area contributed by atoms with Gasteiger partial charge in [0, 0.05) is 32.2 Å². The lowest BCUT2D eigenvalue weighted by Crippen LogP contribution is -2.44. The molecule has 0 saturated carbocycles. The molecular formula is C13H21Cl2FN2. The molecule has 2 nitrogen and oxygen atoms in total. The number of benzene rings is 1. The summed E-state index contributed by atoms with van der Waals surface area (Å²) in [6.45, 7) is 8.24. The lowest BCUT2D eigenvalue weighted by atomic mass is 10.0. The Morgan fingerprint density at radius 2 is 1.83 bits per heavy atom. The van der Waals surface area contributed by atoms with Crippen molar-refractivity contribution < 1.29 is 4.39 Å². The second-order valence-electron chi connectivity index (χ2n) is 4.47. The van der Waals surface area contributed by atoms with E-state index in [4.69, 9.17) is 0 Å². The van der Waals surface area contributed by atoms with Crippen LogP contribution in [0.25, 0.3) is 0 Å².